The minimum absolute atomic E-state index is 0.274. The van der Waals surface area contributed by atoms with Crippen molar-refractivity contribution >= 4 is 17.4 Å². The van der Waals surface area contributed by atoms with Gasteiger partial charge in [0.05, 0.1) is 41.5 Å². The normalized spacial score (nSPS) is 12.1. The molecule has 3 heterocycles. The molecule has 1 unspecified atom stereocenters. The first kappa shape index (κ1) is 20.2. The molecule has 0 aliphatic carbocycles. The van der Waals surface area contributed by atoms with Crippen molar-refractivity contribution in [3.63, 3.8) is 0 Å². The number of aryl methyl sites for hydroxylation is 2. The molecule has 3 rings (SSSR count). The minimum Gasteiger partial charge on any atom is -0.358 e. The maximum absolute atomic E-state index is 12.7. The molecule has 0 spiro atoms. The first-order valence-corrected chi connectivity index (χ1v) is 9.39. The number of carbonyl (C=O) groups is 1. The Balaban J connectivity index is 1.71. The summed E-state index contributed by atoms with van der Waals surface area (Å²) in [5.41, 5.74) is 3.24. The highest BCUT2D eigenvalue weighted by atomic mass is 16.6. The lowest BCUT2D eigenvalue weighted by atomic mass is 10.2. The molecule has 0 saturated carbocycles. The van der Waals surface area contributed by atoms with Crippen LogP contribution < -0.4 is 5.32 Å². The van der Waals surface area contributed by atoms with E-state index in [4.69, 9.17) is 0 Å². The monoisotopic (exact) mass is 400 g/mol. The number of amides is 1. The Morgan fingerprint density at radius 1 is 1.28 bits per heavy atom. The van der Waals surface area contributed by atoms with Crippen molar-refractivity contribution in [1.82, 2.24) is 29.3 Å². The molecular weight excluding hydrogens is 376 g/mol. The van der Waals surface area contributed by atoms with E-state index in [-0.39, 0.29) is 11.7 Å². The maximum Gasteiger partial charge on any atom is 0.390 e. The first-order valence-electron chi connectivity index (χ1n) is 9.39. The van der Waals surface area contributed by atoms with Crippen LogP contribution in [-0.4, -0.2) is 40.2 Å². The fourth-order valence-corrected chi connectivity index (χ4v) is 3.22. The zero-order valence-corrected chi connectivity index (χ0v) is 16.9. The predicted molar refractivity (Wildman–Crippen MR) is 106 cm³/mol. The summed E-state index contributed by atoms with van der Waals surface area (Å²) in [5, 5.41) is 26.3. The second-order valence-electron chi connectivity index (χ2n) is 6.76. The lowest BCUT2D eigenvalue weighted by molar-refractivity contribution is -0.389. The van der Waals surface area contributed by atoms with Crippen molar-refractivity contribution in [2.45, 2.75) is 53.2 Å². The fraction of sp³-hybridized carbons (Fsp3) is 0.444. The zero-order valence-electron chi connectivity index (χ0n) is 16.9. The smallest absolute Gasteiger partial charge is 0.358 e. The number of carbonyl (C=O) groups excluding carboxylic acids is 1. The van der Waals surface area contributed by atoms with Crippen LogP contribution in [0, 0.1) is 24.0 Å². The van der Waals surface area contributed by atoms with Gasteiger partial charge < -0.3 is 15.4 Å². The summed E-state index contributed by atoms with van der Waals surface area (Å²) in [6, 6.07) is 0.698. The summed E-state index contributed by atoms with van der Waals surface area (Å²) in [7, 11) is 0. The van der Waals surface area contributed by atoms with Gasteiger partial charge in [-0.3, -0.25) is 14.2 Å². The Bertz CT molecular complexity index is 1030. The Morgan fingerprint density at radius 3 is 2.62 bits per heavy atom. The van der Waals surface area contributed by atoms with Gasteiger partial charge in [-0.1, -0.05) is 6.92 Å². The van der Waals surface area contributed by atoms with Gasteiger partial charge in [0, 0.05) is 24.0 Å². The van der Waals surface area contributed by atoms with E-state index in [1.165, 1.54) is 10.7 Å². The molecule has 1 N–H and O–H groups in total. The van der Waals surface area contributed by atoms with E-state index in [9.17, 15) is 14.9 Å². The van der Waals surface area contributed by atoms with Gasteiger partial charge >= 0.3 is 5.82 Å². The molecule has 154 valence electrons. The van der Waals surface area contributed by atoms with Crippen LogP contribution in [0.15, 0.2) is 24.7 Å². The molecule has 29 heavy (non-hydrogen) atoms. The van der Waals surface area contributed by atoms with Crippen LogP contribution >= 0.6 is 0 Å². The lowest BCUT2D eigenvalue weighted by Gasteiger charge is -2.13. The number of hydrogen-bond donors (Lipinski definition) is 1. The number of nitrogens with zero attached hydrogens (tertiary/aromatic N) is 7. The molecule has 0 aliphatic rings. The predicted octanol–water partition coefficient (Wildman–Crippen LogP) is 2.46. The molecule has 0 fully saturated rings. The van der Waals surface area contributed by atoms with Gasteiger partial charge in [-0.05, 0) is 32.1 Å². The summed E-state index contributed by atoms with van der Waals surface area (Å²) in [6.07, 6.45) is 5.57. The van der Waals surface area contributed by atoms with Gasteiger partial charge in [-0.25, -0.2) is 0 Å². The minimum atomic E-state index is -0.655. The molecule has 11 nitrogen and oxygen atoms in total. The summed E-state index contributed by atoms with van der Waals surface area (Å²) in [5.74, 6) is -0.576. The van der Waals surface area contributed by atoms with E-state index in [0.29, 0.717) is 24.3 Å². The van der Waals surface area contributed by atoms with Gasteiger partial charge in [0.1, 0.15) is 0 Å². The highest BCUT2D eigenvalue weighted by molar-refractivity contribution is 5.93. The molecule has 0 aromatic carbocycles. The molecular formula is C18H24N8O3. The second-order valence-corrected chi connectivity index (χ2v) is 6.76. The number of nitro groups is 1. The molecule has 3 aromatic rings. The average Bonchev–Trinajstić information content (AvgIpc) is 3.37. The van der Waals surface area contributed by atoms with Crippen LogP contribution in [0.4, 0.5) is 11.5 Å². The number of rotatable bonds is 8. The molecule has 0 bridgehead atoms. The largest absolute Gasteiger partial charge is 0.390 e. The third kappa shape index (κ3) is 4.18. The topological polar surface area (TPSA) is 126 Å². The summed E-state index contributed by atoms with van der Waals surface area (Å²) in [6.45, 7) is 8.90. The summed E-state index contributed by atoms with van der Waals surface area (Å²) < 4.78 is 5.03. The van der Waals surface area contributed by atoms with Gasteiger partial charge in [-0.2, -0.15) is 14.9 Å². The van der Waals surface area contributed by atoms with Crippen molar-refractivity contribution in [3.8, 4) is 0 Å². The van der Waals surface area contributed by atoms with Gasteiger partial charge in [0.25, 0.3) is 5.91 Å². The van der Waals surface area contributed by atoms with Crippen molar-refractivity contribution in [3.05, 3.63) is 51.7 Å². The van der Waals surface area contributed by atoms with Gasteiger partial charge in [0.15, 0.2) is 6.04 Å². The maximum atomic E-state index is 12.7. The Hall–Kier alpha value is -3.50. The van der Waals surface area contributed by atoms with Crippen molar-refractivity contribution in [1.29, 1.82) is 0 Å². The van der Waals surface area contributed by atoms with E-state index in [2.05, 4.69) is 20.6 Å². The van der Waals surface area contributed by atoms with Crippen LogP contribution in [0.3, 0.4) is 0 Å². The Labute approximate surface area is 167 Å². The van der Waals surface area contributed by atoms with Gasteiger partial charge in [-0.15, -0.1) is 0 Å². The second kappa shape index (κ2) is 8.25. The summed E-state index contributed by atoms with van der Waals surface area (Å²) >= 11 is 0. The highest BCUT2D eigenvalue weighted by Crippen LogP contribution is 2.20. The highest BCUT2D eigenvalue weighted by Gasteiger charge is 2.27. The van der Waals surface area contributed by atoms with E-state index < -0.39 is 11.0 Å². The number of anilines is 1. The van der Waals surface area contributed by atoms with Crippen LogP contribution in [0.2, 0.25) is 0 Å². The standard InChI is InChI=1S/C18H24N8O3/c1-5-16(25-12(3)7-17(22-25)26(28)29)18(27)21-15-9-19-23(11-15)10-14-8-20-24(6-2)13(14)4/h7-9,11,16H,5-6,10H2,1-4H3,(H,21,27). The third-order valence-corrected chi connectivity index (χ3v) is 4.82. The van der Waals surface area contributed by atoms with Crippen molar-refractivity contribution in [2.75, 3.05) is 5.32 Å². The molecule has 0 radical (unpaired) electrons. The third-order valence-electron chi connectivity index (χ3n) is 4.82. The molecule has 0 aliphatic heterocycles. The summed E-state index contributed by atoms with van der Waals surface area (Å²) in [4.78, 5) is 23.1. The number of hydrogen-bond acceptors (Lipinski definition) is 6. The number of nitrogens with one attached hydrogen (secondary N) is 1. The van der Waals surface area contributed by atoms with Crippen LogP contribution in [0.25, 0.3) is 0 Å². The fourth-order valence-electron chi connectivity index (χ4n) is 3.22. The van der Waals surface area contributed by atoms with Crippen molar-refractivity contribution in [2.24, 2.45) is 0 Å². The first-order chi connectivity index (χ1) is 13.8. The Kier molecular flexibility index (Phi) is 5.76. The molecule has 11 heteroatoms. The zero-order chi connectivity index (χ0) is 21.1. The van der Waals surface area contributed by atoms with E-state index in [0.717, 1.165) is 17.8 Å². The molecule has 1 amide bonds. The van der Waals surface area contributed by atoms with Crippen LogP contribution in [0.1, 0.15) is 43.3 Å². The van der Waals surface area contributed by atoms with Gasteiger partial charge in [0.2, 0.25) is 0 Å². The molecule has 1 atom stereocenters. The molecule has 3 aromatic heterocycles. The van der Waals surface area contributed by atoms with E-state index >= 15 is 0 Å². The lowest BCUT2D eigenvalue weighted by Crippen LogP contribution is -2.27. The number of aromatic nitrogens is 6. The van der Waals surface area contributed by atoms with E-state index in [1.807, 2.05) is 31.6 Å². The SMILES string of the molecule is CCC(C(=O)Nc1cnn(Cc2cnn(CC)c2C)c1)n1nc([N+](=O)[O-])cc1C. The van der Waals surface area contributed by atoms with E-state index in [1.54, 1.807) is 24.0 Å². The Morgan fingerprint density at radius 2 is 2.03 bits per heavy atom. The average molecular weight is 400 g/mol. The van der Waals surface area contributed by atoms with Crippen LogP contribution in [-0.2, 0) is 17.9 Å². The van der Waals surface area contributed by atoms with Crippen molar-refractivity contribution < 1.29 is 9.72 Å². The molecule has 0 saturated heterocycles. The quantitative estimate of drug-likeness (QED) is 0.457. The van der Waals surface area contributed by atoms with Crippen LogP contribution in [0.5, 0.6) is 0 Å².